The van der Waals surface area contributed by atoms with Crippen LogP contribution in [-0.2, 0) is 9.53 Å². The molecule has 1 unspecified atom stereocenters. The van der Waals surface area contributed by atoms with Crippen LogP contribution in [0.3, 0.4) is 0 Å². The van der Waals surface area contributed by atoms with Crippen LogP contribution in [0.2, 0.25) is 0 Å². The van der Waals surface area contributed by atoms with Gasteiger partial charge in [-0.05, 0) is 32.4 Å². The second-order valence-electron chi connectivity index (χ2n) is 4.90. The molecule has 18 heavy (non-hydrogen) atoms. The first-order chi connectivity index (χ1) is 8.68. The second kappa shape index (κ2) is 7.34. The number of methoxy groups -OCH3 is 1. The van der Waals surface area contributed by atoms with E-state index < -0.39 is 5.41 Å². The SMILES string of the molecule is CCC(CC#N)NC(=O)C1(COC)CCNCC1. The van der Waals surface area contributed by atoms with Crippen LogP contribution in [0.5, 0.6) is 0 Å². The van der Waals surface area contributed by atoms with Crippen LogP contribution in [0.1, 0.15) is 32.6 Å². The lowest BCUT2D eigenvalue weighted by Crippen LogP contribution is -2.52. The van der Waals surface area contributed by atoms with Crippen molar-refractivity contribution in [1.29, 1.82) is 5.26 Å². The number of carbonyl (C=O) groups excluding carboxylic acids is 1. The first-order valence-electron chi connectivity index (χ1n) is 6.56. The van der Waals surface area contributed by atoms with Gasteiger partial charge in [0, 0.05) is 13.2 Å². The molecular weight excluding hydrogens is 230 g/mol. The van der Waals surface area contributed by atoms with Crippen molar-refractivity contribution in [3.8, 4) is 6.07 Å². The maximum Gasteiger partial charge on any atom is 0.228 e. The van der Waals surface area contributed by atoms with Gasteiger partial charge in [0.1, 0.15) is 0 Å². The molecule has 1 heterocycles. The fourth-order valence-corrected chi connectivity index (χ4v) is 2.36. The number of amides is 1. The monoisotopic (exact) mass is 253 g/mol. The minimum atomic E-state index is -0.428. The molecule has 0 saturated carbocycles. The minimum absolute atomic E-state index is 0.0351. The first kappa shape index (κ1) is 14.9. The summed E-state index contributed by atoms with van der Waals surface area (Å²) in [5, 5.41) is 15.0. The highest BCUT2D eigenvalue weighted by atomic mass is 16.5. The molecule has 5 heteroatoms. The lowest BCUT2D eigenvalue weighted by atomic mass is 9.78. The lowest BCUT2D eigenvalue weighted by molar-refractivity contribution is -0.137. The molecule has 1 aliphatic heterocycles. The molecule has 102 valence electrons. The summed E-state index contributed by atoms with van der Waals surface area (Å²) in [5.74, 6) is 0.0351. The van der Waals surface area contributed by atoms with Crippen molar-refractivity contribution in [2.45, 2.75) is 38.6 Å². The topological polar surface area (TPSA) is 74.2 Å². The zero-order valence-corrected chi connectivity index (χ0v) is 11.3. The molecule has 0 bridgehead atoms. The molecule has 0 spiro atoms. The van der Waals surface area contributed by atoms with E-state index >= 15 is 0 Å². The zero-order chi connectivity index (χ0) is 13.4. The molecule has 5 nitrogen and oxygen atoms in total. The molecule has 0 aromatic carbocycles. The van der Waals surface area contributed by atoms with Gasteiger partial charge in [0.15, 0.2) is 0 Å². The fraction of sp³-hybridized carbons (Fsp3) is 0.846. The van der Waals surface area contributed by atoms with Gasteiger partial charge >= 0.3 is 0 Å². The molecule has 2 N–H and O–H groups in total. The van der Waals surface area contributed by atoms with Crippen LogP contribution >= 0.6 is 0 Å². The second-order valence-corrected chi connectivity index (χ2v) is 4.90. The van der Waals surface area contributed by atoms with Crippen LogP contribution in [0.15, 0.2) is 0 Å². The zero-order valence-electron chi connectivity index (χ0n) is 11.3. The standard InChI is InChI=1S/C13H23N3O2/c1-3-11(4-7-14)16-12(17)13(10-18-2)5-8-15-9-6-13/h11,15H,3-6,8-10H2,1-2H3,(H,16,17). The Labute approximate surface area is 109 Å². The third-order valence-corrected chi connectivity index (χ3v) is 3.63. The predicted octanol–water partition coefficient (Wildman–Crippen LogP) is 0.811. The maximum absolute atomic E-state index is 12.4. The molecule has 1 rings (SSSR count). The smallest absolute Gasteiger partial charge is 0.228 e. The van der Waals surface area contributed by atoms with Gasteiger partial charge in [-0.25, -0.2) is 0 Å². The third-order valence-electron chi connectivity index (χ3n) is 3.63. The largest absolute Gasteiger partial charge is 0.384 e. The number of ether oxygens (including phenoxy) is 1. The predicted molar refractivity (Wildman–Crippen MR) is 68.9 cm³/mol. The van der Waals surface area contributed by atoms with E-state index in [0.29, 0.717) is 13.0 Å². The van der Waals surface area contributed by atoms with Crippen molar-refractivity contribution in [3.05, 3.63) is 0 Å². The van der Waals surface area contributed by atoms with Crippen molar-refractivity contribution in [3.63, 3.8) is 0 Å². The Morgan fingerprint density at radius 1 is 1.56 bits per heavy atom. The molecule has 1 saturated heterocycles. The van der Waals surface area contributed by atoms with E-state index in [1.807, 2.05) is 6.92 Å². The Hall–Kier alpha value is -1.12. The first-order valence-corrected chi connectivity index (χ1v) is 6.56. The van der Waals surface area contributed by atoms with E-state index in [1.54, 1.807) is 7.11 Å². The van der Waals surface area contributed by atoms with Gasteiger partial charge in [-0.2, -0.15) is 5.26 Å². The van der Waals surface area contributed by atoms with E-state index in [-0.39, 0.29) is 11.9 Å². The van der Waals surface area contributed by atoms with Crippen LogP contribution in [0, 0.1) is 16.7 Å². The number of nitrogens with zero attached hydrogens (tertiary/aromatic N) is 1. The Balaban J connectivity index is 2.67. The Bertz CT molecular complexity index is 300. The summed E-state index contributed by atoms with van der Waals surface area (Å²) in [5.41, 5.74) is -0.428. The summed E-state index contributed by atoms with van der Waals surface area (Å²) in [6.45, 7) is 4.11. The van der Waals surface area contributed by atoms with Gasteiger partial charge < -0.3 is 15.4 Å². The molecule has 1 fully saturated rings. The average molecular weight is 253 g/mol. The Morgan fingerprint density at radius 3 is 2.72 bits per heavy atom. The molecule has 1 atom stereocenters. The van der Waals surface area contributed by atoms with Gasteiger partial charge in [-0.1, -0.05) is 6.92 Å². The molecule has 0 aromatic heterocycles. The number of carbonyl (C=O) groups is 1. The van der Waals surface area contributed by atoms with E-state index in [1.165, 1.54) is 0 Å². The fourth-order valence-electron chi connectivity index (χ4n) is 2.36. The number of rotatable bonds is 6. The van der Waals surface area contributed by atoms with Crippen LogP contribution in [0.4, 0.5) is 0 Å². The van der Waals surface area contributed by atoms with E-state index in [4.69, 9.17) is 10.00 Å². The van der Waals surface area contributed by atoms with Crippen LogP contribution < -0.4 is 10.6 Å². The maximum atomic E-state index is 12.4. The average Bonchev–Trinajstić information content (AvgIpc) is 2.39. The summed E-state index contributed by atoms with van der Waals surface area (Å²) >= 11 is 0. The Morgan fingerprint density at radius 2 is 2.22 bits per heavy atom. The van der Waals surface area contributed by atoms with E-state index in [9.17, 15) is 4.79 Å². The third kappa shape index (κ3) is 3.69. The van der Waals surface area contributed by atoms with Gasteiger partial charge in [0.25, 0.3) is 0 Å². The van der Waals surface area contributed by atoms with Gasteiger partial charge in [-0.15, -0.1) is 0 Å². The van der Waals surface area contributed by atoms with Gasteiger partial charge in [-0.3, -0.25) is 4.79 Å². The number of nitrogens with one attached hydrogen (secondary N) is 2. The highest BCUT2D eigenvalue weighted by molar-refractivity contribution is 5.83. The van der Waals surface area contributed by atoms with Crippen molar-refractivity contribution in [1.82, 2.24) is 10.6 Å². The quantitative estimate of drug-likeness (QED) is 0.734. The number of hydrogen-bond acceptors (Lipinski definition) is 4. The molecule has 0 aliphatic carbocycles. The van der Waals surface area contributed by atoms with Crippen molar-refractivity contribution >= 4 is 5.91 Å². The lowest BCUT2D eigenvalue weighted by Gasteiger charge is -2.36. The summed E-state index contributed by atoms with van der Waals surface area (Å²) in [6, 6.07) is 2.06. The molecule has 1 amide bonds. The molecular formula is C13H23N3O2. The van der Waals surface area contributed by atoms with Crippen LogP contribution in [-0.4, -0.2) is 38.8 Å². The molecule has 0 aromatic rings. The van der Waals surface area contributed by atoms with Crippen molar-refractivity contribution in [2.24, 2.45) is 5.41 Å². The van der Waals surface area contributed by atoms with Crippen LogP contribution in [0.25, 0.3) is 0 Å². The summed E-state index contributed by atoms with van der Waals surface area (Å²) in [4.78, 5) is 12.4. The minimum Gasteiger partial charge on any atom is -0.384 e. The highest BCUT2D eigenvalue weighted by Crippen LogP contribution is 2.29. The highest BCUT2D eigenvalue weighted by Gasteiger charge is 2.40. The number of piperidine rings is 1. The molecule has 0 radical (unpaired) electrons. The number of nitriles is 1. The summed E-state index contributed by atoms with van der Waals surface area (Å²) in [7, 11) is 1.63. The van der Waals surface area contributed by atoms with Gasteiger partial charge in [0.05, 0.1) is 24.5 Å². The van der Waals surface area contributed by atoms with Crippen molar-refractivity contribution < 1.29 is 9.53 Å². The van der Waals surface area contributed by atoms with Crippen molar-refractivity contribution in [2.75, 3.05) is 26.8 Å². The normalized spacial score (nSPS) is 19.8. The van der Waals surface area contributed by atoms with E-state index in [2.05, 4.69) is 16.7 Å². The Kier molecular flexibility index (Phi) is 6.10. The van der Waals surface area contributed by atoms with Gasteiger partial charge in [0.2, 0.25) is 5.91 Å². The van der Waals surface area contributed by atoms with E-state index in [0.717, 1.165) is 32.4 Å². The summed E-state index contributed by atoms with van der Waals surface area (Å²) in [6.07, 6.45) is 2.72. The summed E-state index contributed by atoms with van der Waals surface area (Å²) < 4.78 is 5.23. The number of hydrogen-bond donors (Lipinski definition) is 2. The molecule has 1 aliphatic rings.